The van der Waals surface area contributed by atoms with Gasteiger partial charge in [-0.2, -0.15) is 0 Å². The van der Waals surface area contributed by atoms with Crippen LogP contribution in [0.1, 0.15) is 11.6 Å². The maximum absolute atomic E-state index is 13.5. The van der Waals surface area contributed by atoms with E-state index in [1.807, 2.05) is 5.32 Å². The molecule has 6 heteroatoms. The predicted molar refractivity (Wildman–Crippen MR) is 50.3 cm³/mol. The summed E-state index contributed by atoms with van der Waals surface area (Å²) in [4.78, 5) is 10.9. The third-order valence-electron chi connectivity index (χ3n) is 2.33. The van der Waals surface area contributed by atoms with E-state index < -0.39 is 24.7 Å². The number of cyclic esters (lactones) is 1. The van der Waals surface area contributed by atoms with E-state index in [4.69, 9.17) is 0 Å². The van der Waals surface area contributed by atoms with Crippen molar-refractivity contribution in [1.29, 1.82) is 0 Å². The van der Waals surface area contributed by atoms with Crippen LogP contribution in [0.3, 0.4) is 0 Å². The standard InChI is InChI=1S/C10H9F2NO3/c11-10(12)5-16-9(15)13-8(10)6-3-1-2-4-7(6)14/h1-4,8,14H,5H2,(H,13,15)/t8-/m1/s1. The Hall–Kier alpha value is -1.85. The first-order chi connectivity index (χ1) is 7.50. The van der Waals surface area contributed by atoms with E-state index in [2.05, 4.69) is 4.74 Å². The number of nitrogens with one attached hydrogen (secondary N) is 1. The number of para-hydroxylation sites is 1. The molecule has 0 radical (unpaired) electrons. The van der Waals surface area contributed by atoms with Gasteiger partial charge in [-0.3, -0.25) is 0 Å². The largest absolute Gasteiger partial charge is 0.508 e. The topological polar surface area (TPSA) is 58.6 Å². The number of hydrogen-bond acceptors (Lipinski definition) is 3. The van der Waals surface area contributed by atoms with Gasteiger partial charge in [0.1, 0.15) is 11.8 Å². The molecule has 1 atom stereocenters. The minimum atomic E-state index is -3.24. The third-order valence-corrected chi connectivity index (χ3v) is 2.33. The summed E-state index contributed by atoms with van der Waals surface area (Å²) in [5, 5.41) is 11.4. The fourth-order valence-electron chi connectivity index (χ4n) is 1.55. The van der Waals surface area contributed by atoms with E-state index in [-0.39, 0.29) is 11.3 Å². The molecule has 2 N–H and O–H groups in total. The van der Waals surface area contributed by atoms with Gasteiger partial charge in [0.05, 0.1) is 0 Å². The van der Waals surface area contributed by atoms with Gasteiger partial charge < -0.3 is 15.2 Å². The number of hydrogen-bond donors (Lipinski definition) is 2. The zero-order valence-electron chi connectivity index (χ0n) is 8.11. The summed E-state index contributed by atoms with van der Waals surface area (Å²) < 4.78 is 31.1. The van der Waals surface area contributed by atoms with Crippen molar-refractivity contribution in [2.75, 3.05) is 6.61 Å². The molecule has 1 aromatic carbocycles. The second kappa shape index (κ2) is 3.62. The van der Waals surface area contributed by atoms with Crippen molar-refractivity contribution in [2.45, 2.75) is 12.0 Å². The average molecular weight is 229 g/mol. The first-order valence-electron chi connectivity index (χ1n) is 4.60. The smallest absolute Gasteiger partial charge is 0.408 e. The second-order valence-corrected chi connectivity index (χ2v) is 3.47. The summed E-state index contributed by atoms with van der Waals surface area (Å²) in [6, 6.07) is 4.08. The first kappa shape index (κ1) is 10.7. The molecule has 0 saturated carbocycles. The van der Waals surface area contributed by atoms with Gasteiger partial charge in [-0.25, -0.2) is 13.6 Å². The molecule has 0 aliphatic carbocycles. The number of alkyl carbamates (subject to hydrolysis) is 1. The highest BCUT2D eigenvalue weighted by Gasteiger charge is 2.47. The van der Waals surface area contributed by atoms with Crippen LogP contribution in [-0.4, -0.2) is 23.7 Å². The van der Waals surface area contributed by atoms with Crippen LogP contribution in [-0.2, 0) is 4.74 Å². The molecule has 1 heterocycles. The highest BCUT2D eigenvalue weighted by atomic mass is 19.3. The Kier molecular flexibility index (Phi) is 2.41. The zero-order chi connectivity index (χ0) is 11.8. The van der Waals surface area contributed by atoms with Crippen LogP contribution in [0.2, 0.25) is 0 Å². The average Bonchev–Trinajstić information content (AvgIpc) is 2.23. The number of amides is 1. The number of ether oxygens (including phenoxy) is 1. The lowest BCUT2D eigenvalue weighted by atomic mass is 9.99. The number of phenols is 1. The number of aromatic hydroxyl groups is 1. The van der Waals surface area contributed by atoms with E-state index in [0.717, 1.165) is 0 Å². The summed E-state index contributed by atoms with van der Waals surface area (Å²) in [7, 11) is 0. The van der Waals surface area contributed by atoms with Crippen molar-refractivity contribution in [3.8, 4) is 5.75 Å². The first-order valence-corrected chi connectivity index (χ1v) is 4.60. The minimum absolute atomic E-state index is 0.0239. The highest BCUT2D eigenvalue weighted by Crippen LogP contribution is 2.37. The van der Waals surface area contributed by atoms with Crippen LogP contribution in [0.15, 0.2) is 24.3 Å². The van der Waals surface area contributed by atoms with E-state index in [9.17, 15) is 18.7 Å². The molecule has 1 aliphatic heterocycles. The van der Waals surface area contributed by atoms with Gasteiger partial charge in [0.25, 0.3) is 0 Å². The molecule has 0 aromatic heterocycles. The summed E-state index contributed by atoms with van der Waals surface area (Å²) in [6.07, 6.45) is -0.917. The number of rotatable bonds is 1. The second-order valence-electron chi connectivity index (χ2n) is 3.47. The summed E-state index contributed by atoms with van der Waals surface area (Å²) in [5.74, 6) is -3.53. The monoisotopic (exact) mass is 229 g/mol. The molecule has 1 aromatic rings. The lowest BCUT2D eigenvalue weighted by molar-refractivity contribution is -0.104. The summed E-state index contributed by atoms with van der Waals surface area (Å²) in [6.45, 7) is -0.988. The molecule has 16 heavy (non-hydrogen) atoms. The normalized spacial score (nSPS) is 23.4. The summed E-state index contributed by atoms with van der Waals surface area (Å²) >= 11 is 0. The molecule has 1 aliphatic rings. The predicted octanol–water partition coefficient (Wildman–Crippen LogP) is 1.81. The maximum atomic E-state index is 13.5. The summed E-state index contributed by atoms with van der Waals surface area (Å²) in [5.41, 5.74) is -0.0239. The zero-order valence-corrected chi connectivity index (χ0v) is 8.11. The van der Waals surface area contributed by atoms with Gasteiger partial charge >= 0.3 is 12.0 Å². The van der Waals surface area contributed by atoms with Crippen molar-refractivity contribution >= 4 is 6.09 Å². The molecule has 2 rings (SSSR count). The van der Waals surface area contributed by atoms with E-state index in [1.165, 1.54) is 24.3 Å². The van der Waals surface area contributed by atoms with Crippen molar-refractivity contribution in [2.24, 2.45) is 0 Å². The maximum Gasteiger partial charge on any atom is 0.408 e. The number of alkyl halides is 2. The number of halogens is 2. The highest BCUT2D eigenvalue weighted by molar-refractivity contribution is 5.69. The molecule has 0 unspecified atom stereocenters. The molecule has 86 valence electrons. The van der Waals surface area contributed by atoms with Gasteiger partial charge in [-0.15, -0.1) is 0 Å². The Balaban J connectivity index is 2.38. The van der Waals surface area contributed by atoms with Gasteiger partial charge in [0.2, 0.25) is 0 Å². The lowest BCUT2D eigenvalue weighted by Gasteiger charge is -2.32. The van der Waals surface area contributed by atoms with Crippen molar-refractivity contribution in [3.63, 3.8) is 0 Å². The van der Waals surface area contributed by atoms with Crippen LogP contribution >= 0.6 is 0 Å². The van der Waals surface area contributed by atoms with Crippen molar-refractivity contribution < 1.29 is 23.4 Å². The Morgan fingerprint density at radius 3 is 2.81 bits per heavy atom. The van der Waals surface area contributed by atoms with E-state index >= 15 is 0 Å². The molecule has 4 nitrogen and oxygen atoms in total. The van der Waals surface area contributed by atoms with Gasteiger partial charge in [0.15, 0.2) is 6.61 Å². The molecular formula is C10H9F2NO3. The Bertz CT molecular complexity index is 422. The van der Waals surface area contributed by atoms with E-state index in [0.29, 0.717) is 0 Å². The fraction of sp³-hybridized carbons (Fsp3) is 0.300. The van der Waals surface area contributed by atoms with Crippen LogP contribution in [0.5, 0.6) is 5.75 Å². The van der Waals surface area contributed by atoms with Crippen LogP contribution in [0.4, 0.5) is 13.6 Å². The lowest BCUT2D eigenvalue weighted by Crippen LogP contribution is -2.49. The Morgan fingerprint density at radius 1 is 1.44 bits per heavy atom. The number of benzene rings is 1. The molecule has 1 saturated heterocycles. The van der Waals surface area contributed by atoms with Gasteiger partial charge in [0, 0.05) is 5.56 Å². The fourth-order valence-corrected chi connectivity index (χ4v) is 1.55. The van der Waals surface area contributed by atoms with Gasteiger partial charge in [-0.05, 0) is 6.07 Å². The molecule has 1 amide bonds. The third kappa shape index (κ3) is 1.78. The Labute approximate surface area is 89.8 Å². The number of carbonyl (C=O) groups is 1. The number of phenolic OH excluding ortho intramolecular Hbond substituents is 1. The van der Waals surface area contributed by atoms with Crippen LogP contribution in [0, 0.1) is 0 Å². The van der Waals surface area contributed by atoms with Crippen molar-refractivity contribution in [3.05, 3.63) is 29.8 Å². The van der Waals surface area contributed by atoms with Crippen LogP contribution < -0.4 is 5.32 Å². The molecule has 0 bridgehead atoms. The molecule has 0 spiro atoms. The van der Waals surface area contributed by atoms with Gasteiger partial charge in [-0.1, -0.05) is 18.2 Å². The Morgan fingerprint density at radius 2 is 2.12 bits per heavy atom. The number of carbonyl (C=O) groups excluding carboxylic acids is 1. The molecular weight excluding hydrogens is 220 g/mol. The SMILES string of the molecule is O=C1N[C@H](c2ccccc2O)C(F)(F)CO1. The van der Waals surface area contributed by atoms with E-state index in [1.54, 1.807) is 0 Å². The van der Waals surface area contributed by atoms with Crippen LogP contribution in [0.25, 0.3) is 0 Å². The quantitative estimate of drug-likeness (QED) is 0.772. The minimum Gasteiger partial charge on any atom is -0.508 e. The van der Waals surface area contributed by atoms with Crippen molar-refractivity contribution in [1.82, 2.24) is 5.32 Å². The molecule has 1 fully saturated rings.